The summed E-state index contributed by atoms with van der Waals surface area (Å²) >= 11 is 1.09. The van der Waals surface area contributed by atoms with Crippen molar-refractivity contribution in [1.29, 1.82) is 0 Å². The molecule has 0 aromatic carbocycles. The number of thiophene rings is 1. The molecular formula is C23H26N2O6S. The van der Waals surface area contributed by atoms with Gasteiger partial charge < -0.3 is 23.8 Å². The number of ether oxygens (including phenoxy) is 2. The van der Waals surface area contributed by atoms with Crippen molar-refractivity contribution < 1.29 is 28.3 Å². The largest absolute Gasteiger partial charge is 0.459 e. The standard InChI is InChI=1S/C23H26N2O6S/c1-14-11-20(24-22(27)19-7-5-10-30-19)32-21(14)23(28)31-13-18(26)17-12-15(2)25(16(17)3)8-6-9-29-4/h5,7,10-12H,6,8-9,13H2,1-4H3,(H,24,27). The number of hydrogen-bond acceptors (Lipinski definition) is 7. The van der Waals surface area contributed by atoms with E-state index >= 15 is 0 Å². The van der Waals surface area contributed by atoms with Gasteiger partial charge in [0, 0.05) is 37.2 Å². The quantitative estimate of drug-likeness (QED) is 0.275. The van der Waals surface area contributed by atoms with Gasteiger partial charge in [-0.25, -0.2) is 4.79 Å². The van der Waals surface area contributed by atoms with Crippen molar-refractivity contribution in [2.75, 3.05) is 25.6 Å². The van der Waals surface area contributed by atoms with Gasteiger partial charge in [-0.3, -0.25) is 9.59 Å². The van der Waals surface area contributed by atoms with Crippen molar-refractivity contribution in [3.05, 3.63) is 63.7 Å². The molecule has 3 aromatic rings. The predicted octanol–water partition coefficient (Wildman–Crippen LogP) is 4.40. The minimum atomic E-state index is -0.603. The van der Waals surface area contributed by atoms with Crippen LogP contribution in [-0.2, 0) is 16.0 Å². The van der Waals surface area contributed by atoms with Crippen molar-refractivity contribution in [1.82, 2.24) is 4.57 Å². The zero-order valence-electron chi connectivity index (χ0n) is 18.5. The first-order valence-electron chi connectivity index (χ1n) is 10.1. The Bertz CT molecular complexity index is 1110. The Morgan fingerprint density at radius 3 is 2.66 bits per heavy atom. The second kappa shape index (κ2) is 10.4. The average Bonchev–Trinajstić information content (AvgIpc) is 3.48. The highest BCUT2D eigenvalue weighted by Crippen LogP contribution is 2.28. The lowest BCUT2D eigenvalue weighted by molar-refractivity contribution is 0.0478. The maximum atomic E-state index is 12.7. The number of ketones is 1. The van der Waals surface area contributed by atoms with E-state index < -0.39 is 11.9 Å². The lowest BCUT2D eigenvalue weighted by Crippen LogP contribution is -2.15. The summed E-state index contributed by atoms with van der Waals surface area (Å²) in [4.78, 5) is 37.7. The number of nitrogens with zero attached hydrogens (tertiary/aromatic N) is 1. The van der Waals surface area contributed by atoms with Crippen molar-refractivity contribution in [3.8, 4) is 0 Å². The molecule has 0 fully saturated rings. The maximum absolute atomic E-state index is 12.7. The van der Waals surface area contributed by atoms with Crippen molar-refractivity contribution in [2.24, 2.45) is 0 Å². The van der Waals surface area contributed by atoms with Gasteiger partial charge in [-0.15, -0.1) is 11.3 Å². The third-order valence-electron chi connectivity index (χ3n) is 5.02. The molecule has 0 spiro atoms. The number of aryl methyl sites for hydroxylation is 2. The van der Waals surface area contributed by atoms with E-state index in [0.29, 0.717) is 27.6 Å². The molecule has 0 unspecified atom stereocenters. The minimum Gasteiger partial charge on any atom is -0.459 e. The van der Waals surface area contributed by atoms with E-state index in [2.05, 4.69) is 9.88 Å². The first kappa shape index (κ1) is 23.5. The van der Waals surface area contributed by atoms with Gasteiger partial charge in [-0.05, 0) is 57.0 Å². The lowest BCUT2D eigenvalue weighted by Gasteiger charge is -2.09. The van der Waals surface area contributed by atoms with Crippen LogP contribution in [0, 0.1) is 20.8 Å². The number of anilines is 1. The van der Waals surface area contributed by atoms with Crippen LogP contribution in [0.2, 0.25) is 0 Å². The highest BCUT2D eigenvalue weighted by molar-refractivity contribution is 7.18. The highest BCUT2D eigenvalue weighted by Gasteiger charge is 2.21. The smallest absolute Gasteiger partial charge is 0.349 e. The number of esters is 1. The van der Waals surface area contributed by atoms with Gasteiger partial charge in [0.2, 0.25) is 5.78 Å². The van der Waals surface area contributed by atoms with Crippen molar-refractivity contribution in [3.63, 3.8) is 0 Å². The molecule has 32 heavy (non-hydrogen) atoms. The van der Waals surface area contributed by atoms with Gasteiger partial charge in [0.1, 0.15) is 4.88 Å². The van der Waals surface area contributed by atoms with Crippen molar-refractivity contribution >= 4 is 34.0 Å². The van der Waals surface area contributed by atoms with Crippen LogP contribution in [0.3, 0.4) is 0 Å². The molecule has 0 atom stereocenters. The van der Waals surface area contributed by atoms with Crippen LogP contribution >= 0.6 is 11.3 Å². The SMILES string of the molecule is COCCCn1c(C)cc(C(=O)COC(=O)c2sc(NC(=O)c3ccco3)cc2C)c1C. The molecule has 0 radical (unpaired) electrons. The van der Waals surface area contributed by atoms with E-state index in [9.17, 15) is 14.4 Å². The Morgan fingerprint density at radius 1 is 1.19 bits per heavy atom. The third kappa shape index (κ3) is 5.35. The van der Waals surface area contributed by atoms with Crippen LogP contribution in [0.5, 0.6) is 0 Å². The number of methoxy groups -OCH3 is 1. The Kier molecular flexibility index (Phi) is 7.66. The van der Waals surface area contributed by atoms with Crippen LogP contribution in [0.15, 0.2) is 34.9 Å². The fourth-order valence-electron chi connectivity index (χ4n) is 3.40. The van der Waals surface area contributed by atoms with Gasteiger partial charge in [-0.2, -0.15) is 0 Å². The highest BCUT2D eigenvalue weighted by atomic mass is 32.1. The molecular weight excluding hydrogens is 432 g/mol. The summed E-state index contributed by atoms with van der Waals surface area (Å²) in [5.74, 6) is -1.10. The van der Waals surface area contributed by atoms with Crippen LogP contribution in [0.25, 0.3) is 0 Å². The summed E-state index contributed by atoms with van der Waals surface area (Å²) in [5, 5.41) is 3.18. The monoisotopic (exact) mass is 458 g/mol. The number of furan rings is 1. The number of hydrogen-bond donors (Lipinski definition) is 1. The van der Waals surface area contributed by atoms with E-state index in [1.807, 2.05) is 19.9 Å². The lowest BCUT2D eigenvalue weighted by atomic mass is 10.1. The number of amides is 1. The fourth-order valence-corrected chi connectivity index (χ4v) is 4.36. The molecule has 0 aliphatic heterocycles. The number of carbonyl (C=O) groups excluding carboxylic acids is 3. The topological polar surface area (TPSA) is 99.8 Å². The van der Waals surface area contributed by atoms with Gasteiger partial charge >= 0.3 is 5.97 Å². The number of aromatic nitrogens is 1. The molecule has 0 aliphatic carbocycles. The minimum absolute atomic E-state index is 0.172. The van der Waals surface area contributed by atoms with Gasteiger partial charge in [0.25, 0.3) is 5.91 Å². The van der Waals surface area contributed by atoms with E-state index in [-0.39, 0.29) is 18.2 Å². The number of Topliss-reactive ketones (excluding diaryl/α,β-unsaturated/α-hetero) is 1. The molecule has 1 amide bonds. The van der Waals surface area contributed by atoms with E-state index in [1.165, 1.54) is 6.26 Å². The second-order valence-electron chi connectivity index (χ2n) is 7.34. The molecule has 3 heterocycles. The molecule has 8 nitrogen and oxygen atoms in total. The Balaban J connectivity index is 1.61. The zero-order valence-corrected chi connectivity index (χ0v) is 19.3. The molecule has 0 aliphatic rings. The number of rotatable bonds is 10. The molecule has 0 saturated carbocycles. The Hall–Kier alpha value is -3.17. The summed E-state index contributed by atoms with van der Waals surface area (Å²) in [6.07, 6.45) is 2.25. The summed E-state index contributed by atoms with van der Waals surface area (Å²) in [6.45, 7) is 6.60. The molecule has 170 valence electrons. The van der Waals surface area contributed by atoms with Crippen LogP contribution in [0.1, 0.15) is 54.0 Å². The second-order valence-corrected chi connectivity index (χ2v) is 8.39. The Labute approximate surface area is 190 Å². The third-order valence-corrected chi connectivity index (χ3v) is 6.16. The number of nitrogens with one attached hydrogen (secondary N) is 1. The average molecular weight is 459 g/mol. The van der Waals surface area contributed by atoms with E-state index in [0.717, 1.165) is 35.7 Å². The summed E-state index contributed by atoms with van der Waals surface area (Å²) in [6, 6.07) is 6.66. The number of carbonyl (C=O) groups is 3. The maximum Gasteiger partial charge on any atom is 0.349 e. The predicted molar refractivity (Wildman–Crippen MR) is 121 cm³/mol. The van der Waals surface area contributed by atoms with E-state index in [1.54, 1.807) is 32.2 Å². The van der Waals surface area contributed by atoms with Crippen molar-refractivity contribution in [2.45, 2.75) is 33.7 Å². The molecule has 9 heteroatoms. The van der Waals surface area contributed by atoms with Crippen LogP contribution in [0.4, 0.5) is 5.00 Å². The Morgan fingerprint density at radius 2 is 1.97 bits per heavy atom. The first-order chi connectivity index (χ1) is 15.3. The van der Waals surface area contributed by atoms with E-state index in [4.69, 9.17) is 13.9 Å². The van der Waals surface area contributed by atoms with Gasteiger partial charge in [-0.1, -0.05) is 0 Å². The summed E-state index contributed by atoms with van der Waals surface area (Å²) in [7, 11) is 1.66. The molecule has 3 rings (SSSR count). The zero-order chi connectivity index (χ0) is 23.3. The fraction of sp³-hybridized carbons (Fsp3) is 0.348. The molecule has 3 aromatic heterocycles. The van der Waals surface area contributed by atoms with Gasteiger partial charge in [0.15, 0.2) is 12.4 Å². The normalized spacial score (nSPS) is 10.9. The van der Waals surface area contributed by atoms with Crippen LogP contribution in [-0.4, -0.2) is 42.6 Å². The van der Waals surface area contributed by atoms with Crippen LogP contribution < -0.4 is 5.32 Å². The van der Waals surface area contributed by atoms with Gasteiger partial charge in [0.05, 0.1) is 11.3 Å². The summed E-state index contributed by atoms with van der Waals surface area (Å²) in [5.41, 5.74) is 3.01. The first-order valence-corrected chi connectivity index (χ1v) is 10.9. The molecule has 1 N–H and O–H groups in total. The molecule has 0 bridgehead atoms. The summed E-state index contributed by atoms with van der Waals surface area (Å²) < 4.78 is 17.5. The molecule has 0 saturated heterocycles.